The van der Waals surface area contributed by atoms with Gasteiger partial charge >= 0.3 is 5.82 Å². The van der Waals surface area contributed by atoms with Crippen molar-refractivity contribution in [2.45, 2.75) is 38.1 Å². The smallest absolute Gasteiger partial charge is 0.358 e. The topological polar surface area (TPSA) is 94.4 Å². The second kappa shape index (κ2) is 5.51. The van der Waals surface area contributed by atoms with E-state index in [0.717, 1.165) is 50.4 Å². The average molecular weight is 359 g/mol. The maximum atomic E-state index is 11.6. The summed E-state index contributed by atoms with van der Waals surface area (Å²) in [4.78, 5) is 18.5. The van der Waals surface area contributed by atoms with Gasteiger partial charge < -0.3 is 19.6 Å². The lowest BCUT2D eigenvalue weighted by atomic mass is 9.97. The molecule has 3 aromatic rings. The lowest BCUT2D eigenvalue weighted by molar-refractivity contribution is -0.389. The maximum Gasteiger partial charge on any atom is 0.373 e. The van der Waals surface area contributed by atoms with Gasteiger partial charge in [0.15, 0.2) is 0 Å². The van der Waals surface area contributed by atoms with Gasteiger partial charge in [0.05, 0.1) is 0 Å². The first kappa shape index (κ1) is 14.8. The van der Waals surface area contributed by atoms with Crippen molar-refractivity contribution in [1.29, 1.82) is 0 Å². The van der Waals surface area contributed by atoms with Crippen LogP contribution in [0.2, 0.25) is 0 Å². The number of fused-ring (bicyclic) bond motifs is 2. The number of hydrogen-bond donors (Lipinski definition) is 0. The quantitative estimate of drug-likeness (QED) is 0.526. The van der Waals surface area contributed by atoms with E-state index in [4.69, 9.17) is 0 Å². The highest BCUT2D eigenvalue weighted by atomic mass is 32.1. The summed E-state index contributed by atoms with van der Waals surface area (Å²) in [6.45, 7) is 2.46. The van der Waals surface area contributed by atoms with Crippen molar-refractivity contribution in [3.63, 3.8) is 0 Å². The van der Waals surface area contributed by atoms with Gasteiger partial charge in [-0.3, -0.25) is 0 Å². The number of aromatic nitrogens is 5. The van der Waals surface area contributed by atoms with Crippen LogP contribution in [-0.2, 0) is 13.0 Å². The van der Waals surface area contributed by atoms with Gasteiger partial charge in [-0.2, -0.15) is 9.38 Å². The molecule has 9 nitrogen and oxygen atoms in total. The fourth-order valence-electron chi connectivity index (χ4n) is 4.00. The van der Waals surface area contributed by atoms with Crippen LogP contribution in [0, 0.1) is 10.1 Å². The van der Waals surface area contributed by atoms with Gasteiger partial charge in [-0.1, -0.05) is 11.3 Å². The molecule has 0 amide bonds. The summed E-state index contributed by atoms with van der Waals surface area (Å²) in [5.74, 6) is 2.88. The first-order valence-corrected chi connectivity index (χ1v) is 9.37. The largest absolute Gasteiger partial charge is 0.373 e. The fourth-order valence-corrected chi connectivity index (χ4v) is 4.70. The van der Waals surface area contributed by atoms with Crippen molar-refractivity contribution in [3.05, 3.63) is 33.3 Å². The van der Waals surface area contributed by atoms with Gasteiger partial charge in [0.2, 0.25) is 5.82 Å². The van der Waals surface area contributed by atoms with Crippen molar-refractivity contribution in [1.82, 2.24) is 24.1 Å². The molecule has 1 unspecified atom stereocenters. The van der Waals surface area contributed by atoms with E-state index in [2.05, 4.69) is 19.7 Å². The molecule has 1 atom stereocenters. The number of imidazole rings is 1. The van der Waals surface area contributed by atoms with Gasteiger partial charge in [-0.15, -0.1) is 10.2 Å². The molecule has 25 heavy (non-hydrogen) atoms. The molecule has 2 aliphatic heterocycles. The number of hydrogen-bond acceptors (Lipinski definition) is 7. The Morgan fingerprint density at radius 2 is 2.20 bits per heavy atom. The molecular formula is C15H17N7O2S. The highest BCUT2D eigenvalue weighted by molar-refractivity contribution is 7.15. The van der Waals surface area contributed by atoms with Gasteiger partial charge in [0.25, 0.3) is 4.96 Å². The van der Waals surface area contributed by atoms with Gasteiger partial charge in [-0.05, 0) is 24.2 Å². The van der Waals surface area contributed by atoms with E-state index >= 15 is 0 Å². The number of anilines is 1. The van der Waals surface area contributed by atoms with Gasteiger partial charge in [0, 0.05) is 37.4 Å². The van der Waals surface area contributed by atoms with Crippen LogP contribution < -0.4 is 4.90 Å². The lowest BCUT2D eigenvalue weighted by Gasteiger charge is -2.31. The molecule has 1 saturated heterocycles. The molecule has 130 valence electrons. The molecule has 0 spiro atoms. The van der Waals surface area contributed by atoms with E-state index in [1.54, 1.807) is 10.6 Å². The molecule has 0 aliphatic carbocycles. The maximum absolute atomic E-state index is 11.6. The molecule has 10 heteroatoms. The minimum Gasteiger partial charge on any atom is -0.358 e. The molecule has 5 rings (SSSR count). The Labute approximate surface area is 147 Å². The molecule has 0 radical (unpaired) electrons. The van der Waals surface area contributed by atoms with Crippen molar-refractivity contribution in [2.24, 2.45) is 0 Å². The average Bonchev–Trinajstić information content (AvgIpc) is 3.34. The summed E-state index contributed by atoms with van der Waals surface area (Å²) in [6, 6.07) is 0. The highest BCUT2D eigenvalue weighted by Gasteiger charge is 2.34. The summed E-state index contributed by atoms with van der Waals surface area (Å²) < 4.78 is 3.80. The number of rotatable bonds is 3. The lowest BCUT2D eigenvalue weighted by Crippen LogP contribution is -2.36. The van der Waals surface area contributed by atoms with E-state index in [-0.39, 0.29) is 16.7 Å². The zero-order valence-electron chi connectivity index (χ0n) is 13.5. The van der Waals surface area contributed by atoms with Crippen LogP contribution >= 0.6 is 11.3 Å². The van der Waals surface area contributed by atoms with Crippen molar-refractivity contribution >= 4 is 27.9 Å². The first-order valence-electron chi connectivity index (χ1n) is 8.49. The van der Waals surface area contributed by atoms with Crippen molar-refractivity contribution in [3.8, 4) is 0 Å². The third-order valence-corrected chi connectivity index (χ3v) is 5.87. The summed E-state index contributed by atoms with van der Waals surface area (Å²) in [5, 5.41) is 22.1. The molecule has 1 fully saturated rings. The molecule has 2 aliphatic rings. The van der Waals surface area contributed by atoms with Crippen molar-refractivity contribution < 1.29 is 4.92 Å². The normalized spacial score (nSPS) is 20.3. The Kier molecular flexibility index (Phi) is 3.27. The number of thiazole rings is 1. The Balaban J connectivity index is 1.49. The zero-order valence-corrected chi connectivity index (χ0v) is 14.4. The predicted octanol–water partition coefficient (Wildman–Crippen LogP) is 2.23. The van der Waals surface area contributed by atoms with Gasteiger partial charge in [-0.25, -0.2) is 0 Å². The second-order valence-corrected chi connectivity index (χ2v) is 7.46. The van der Waals surface area contributed by atoms with Crippen LogP contribution in [0.1, 0.15) is 36.8 Å². The standard InChI is InChI=1S/C15H17N7O2S/c23-22(24)14-13(16-15-21(14)7-8-25-15)19-5-1-3-10(9-19)12-18-17-11-4-2-6-20(11)12/h7-8,10H,1-6,9H2. The van der Waals surface area contributed by atoms with Crippen LogP contribution in [0.25, 0.3) is 4.96 Å². The first-order chi connectivity index (χ1) is 12.2. The molecule has 3 aromatic heterocycles. The van der Waals surface area contributed by atoms with E-state index in [0.29, 0.717) is 17.3 Å². The number of piperidine rings is 1. The Bertz CT molecular complexity index is 959. The predicted molar refractivity (Wildman–Crippen MR) is 92.3 cm³/mol. The van der Waals surface area contributed by atoms with Crippen molar-refractivity contribution in [2.75, 3.05) is 18.0 Å². The van der Waals surface area contributed by atoms with Crippen LogP contribution in [0.4, 0.5) is 11.6 Å². The fraction of sp³-hybridized carbons (Fsp3) is 0.533. The number of nitro groups is 1. The van der Waals surface area contributed by atoms with Crippen LogP contribution in [0.3, 0.4) is 0 Å². The van der Waals surface area contributed by atoms with Crippen LogP contribution in [-0.4, -0.2) is 42.2 Å². The summed E-state index contributed by atoms with van der Waals surface area (Å²) in [5.41, 5.74) is 0. The third kappa shape index (κ3) is 2.24. The monoisotopic (exact) mass is 359 g/mol. The second-order valence-electron chi connectivity index (χ2n) is 6.59. The summed E-state index contributed by atoms with van der Waals surface area (Å²) in [7, 11) is 0. The molecule has 5 heterocycles. The van der Waals surface area contributed by atoms with E-state index in [1.807, 2.05) is 10.3 Å². The highest BCUT2D eigenvalue weighted by Crippen LogP contribution is 2.36. The molecular weight excluding hydrogens is 342 g/mol. The molecule has 0 aromatic carbocycles. The number of nitrogens with zero attached hydrogens (tertiary/aromatic N) is 7. The zero-order chi connectivity index (χ0) is 17.0. The third-order valence-electron chi connectivity index (χ3n) is 5.12. The van der Waals surface area contributed by atoms with Crippen LogP contribution in [0.5, 0.6) is 0 Å². The van der Waals surface area contributed by atoms with Gasteiger partial charge in [0.1, 0.15) is 17.8 Å². The molecule has 0 N–H and O–H groups in total. The minimum atomic E-state index is -0.333. The molecule has 0 saturated carbocycles. The summed E-state index contributed by atoms with van der Waals surface area (Å²) in [6.07, 6.45) is 5.82. The van der Waals surface area contributed by atoms with Crippen LogP contribution in [0.15, 0.2) is 11.6 Å². The minimum absolute atomic E-state index is 0.0587. The number of aryl methyl sites for hydroxylation is 1. The summed E-state index contributed by atoms with van der Waals surface area (Å²) >= 11 is 1.41. The van der Waals surface area contributed by atoms with E-state index in [9.17, 15) is 10.1 Å². The SMILES string of the molecule is O=[N+]([O-])c1c(N2CCCC(c3nnc4n3CCC4)C2)nc2sccn12. The molecule has 0 bridgehead atoms. The van der Waals surface area contributed by atoms with E-state index in [1.165, 1.54) is 11.3 Å². The Morgan fingerprint density at radius 3 is 3.08 bits per heavy atom. The van der Waals surface area contributed by atoms with E-state index < -0.39 is 0 Å². The Hall–Kier alpha value is -2.49. The Morgan fingerprint density at radius 1 is 1.28 bits per heavy atom.